The number of carbonyl (C=O) groups excluding carboxylic acids is 2. The second kappa shape index (κ2) is 9.23. The van der Waals surface area contributed by atoms with Gasteiger partial charge in [-0.25, -0.2) is 4.98 Å². The molecule has 3 aromatic rings. The molecule has 1 fully saturated rings. The first-order chi connectivity index (χ1) is 15.5. The smallest absolute Gasteiger partial charge is 0.295 e. The molecule has 0 bridgehead atoms. The van der Waals surface area contributed by atoms with Gasteiger partial charge in [0, 0.05) is 42.9 Å². The number of halogens is 1. The summed E-state index contributed by atoms with van der Waals surface area (Å²) in [5, 5.41) is 11.5. The average molecular weight is 453 g/mol. The Morgan fingerprint density at radius 1 is 1.19 bits per heavy atom. The van der Waals surface area contributed by atoms with Gasteiger partial charge in [-0.2, -0.15) is 0 Å². The molecular formula is C23H21ClN4O4. The lowest BCUT2D eigenvalue weighted by atomic mass is 9.96. The van der Waals surface area contributed by atoms with Crippen LogP contribution in [-0.2, 0) is 16.1 Å². The lowest BCUT2D eigenvalue weighted by molar-refractivity contribution is -0.139. The summed E-state index contributed by atoms with van der Waals surface area (Å²) in [5.74, 6) is -1.44. The van der Waals surface area contributed by atoms with Crippen LogP contribution in [0.1, 0.15) is 23.6 Å². The Morgan fingerprint density at radius 2 is 2.03 bits per heavy atom. The van der Waals surface area contributed by atoms with Crippen molar-refractivity contribution in [2.24, 2.45) is 0 Å². The molecule has 2 aromatic heterocycles. The number of aliphatic hydroxyl groups excluding tert-OH is 1. The monoisotopic (exact) mass is 452 g/mol. The molecule has 0 aliphatic carbocycles. The number of carbonyl (C=O) groups is 2. The Hall–Kier alpha value is -3.65. The van der Waals surface area contributed by atoms with Crippen LogP contribution in [0.25, 0.3) is 5.76 Å². The zero-order valence-electron chi connectivity index (χ0n) is 17.3. The number of methoxy groups -OCH3 is 1. The summed E-state index contributed by atoms with van der Waals surface area (Å²) >= 11 is 6.12. The number of benzene rings is 1. The molecule has 0 spiro atoms. The van der Waals surface area contributed by atoms with Gasteiger partial charge < -0.3 is 19.3 Å². The van der Waals surface area contributed by atoms with Crippen molar-refractivity contribution in [3.05, 3.63) is 83.2 Å². The number of pyridine rings is 1. The highest BCUT2D eigenvalue weighted by Crippen LogP contribution is 2.41. The number of rotatable bonds is 7. The summed E-state index contributed by atoms with van der Waals surface area (Å²) < 4.78 is 7.23. The summed E-state index contributed by atoms with van der Waals surface area (Å²) in [4.78, 5) is 35.7. The Labute approximate surface area is 189 Å². The minimum Gasteiger partial charge on any atom is -0.507 e. The third-order valence-electron chi connectivity index (χ3n) is 5.33. The van der Waals surface area contributed by atoms with Crippen LogP contribution in [0.15, 0.2) is 67.0 Å². The van der Waals surface area contributed by atoms with Crippen LogP contribution in [0.3, 0.4) is 0 Å². The molecule has 1 saturated heterocycles. The standard InChI is InChI=1S/C23H21ClN4O4/c1-32-18-6-5-16(24)12-17(18)21(29)19-20(15-4-2-7-25-13-15)28(23(31)22(19)30)10-3-9-27-11-8-26-14-27/h2,4-8,11-14,20,29H,3,9-10H2,1H3/b21-19+/t20-/m1/s1. The number of ether oxygens (including phenoxy) is 1. The largest absolute Gasteiger partial charge is 0.507 e. The quantitative estimate of drug-likeness (QED) is 0.335. The summed E-state index contributed by atoms with van der Waals surface area (Å²) in [5.41, 5.74) is 0.841. The van der Waals surface area contributed by atoms with Crippen LogP contribution in [-0.4, -0.2) is 49.9 Å². The molecule has 0 saturated carbocycles. The topological polar surface area (TPSA) is 97.6 Å². The van der Waals surface area contributed by atoms with Crippen LogP contribution >= 0.6 is 11.6 Å². The molecule has 1 N–H and O–H groups in total. The van der Waals surface area contributed by atoms with E-state index in [1.165, 1.54) is 18.1 Å². The van der Waals surface area contributed by atoms with E-state index in [4.69, 9.17) is 16.3 Å². The van der Waals surface area contributed by atoms with Gasteiger partial charge in [-0.1, -0.05) is 17.7 Å². The van der Waals surface area contributed by atoms with Crippen LogP contribution in [0, 0.1) is 0 Å². The van der Waals surface area contributed by atoms with Gasteiger partial charge in [0.2, 0.25) is 0 Å². The van der Waals surface area contributed by atoms with E-state index in [9.17, 15) is 14.7 Å². The van der Waals surface area contributed by atoms with Crippen LogP contribution < -0.4 is 4.74 Å². The van der Waals surface area contributed by atoms with Crippen molar-refractivity contribution in [3.8, 4) is 5.75 Å². The van der Waals surface area contributed by atoms with E-state index in [0.29, 0.717) is 35.8 Å². The van der Waals surface area contributed by atoms with E-state index in [-0.39, 0.29) is 16.9 Å². The van der Waals surface area contributed by atoms with Crippen molar-refractivity contribution in [1.29, 1.82) is 0 Å². The summed E-state index contributed by atoms with van der Waals surface area (Å²) in [6.45, 7) is 0.941. The fraction of sp³-hybridized carbons (Fsp3) is 0.217. The second-order valence-electron chi connectivity index (χ2n) is 7.28. The maximum atomic E-state index is 13.1. The van der Waals surface area contributed by atoms with Crippen molar-refractivity contribution in [2.75, 3.05) is 13.7 Å². The molecule has 1 aliphatic rings. The van der Waals surface area contributed by atoms with E-state index in [2.05, 4.69) is 9.97 Å². The van der Waals surface area contributed by atoms with Gasteiger partial charge >= 0.3 is 0 Å². The maximum absolute atomic E-state index is 13.1. The second-order valence-corrected chi connectivity index (χ2v) is 7.71. The molecule has 8 nitrogen and oxygen atoms in total. The molecule has 164 valence electrons. The first-order valence-electron chi connectivity index (χ1n) is 9.99. The zero-order chi connectivity index (χ0) is 22.7. The lowest BCUT2D eigenvalue weighted by Gasteiger charge is -2.25. The fourth-order valence-electron chi connectivity index (χ4n) is 3.85. The SMILES string of the molecule is COc1ccc(Cl)cc1/C(O)=C1\C(=O)C(=O)N(CCCn2ccnc2)[C@@H]1c1cccnc1. The Bertz CT molecular complexity index is 1160. The van der Waals surface area contributed by atoms with E-state index in [1.807, 2.05) is 10.8 Å². The minimum atomic E-state index is -0.782. The van der Waals surface area contributed by atoms with Gasteiger partial charge in [-0.3, -0.25) is 14.6 Å². The van der Waals surface area contributed by atoms with Gasteiger partial charge in [-0.05, 0) is 36.2 Å². The molecule has 0 unspecified atom stereocenters. The molecular weight excluding hydrogens is 432 g/mol. The Kier molecular flexibility index (Phi) is 6.23. The van der Waals surface area contributed by atoms with Crippen molar-refractivity contribution < 1.29 is 19.4 Å². The highest BCUT2D eigenvalue weighted by molar-refractivity contribution is 6.46. The molecule has 1 aromatic carbocycles. The summed E-state index contributed by atoms with van der Waals surface area (Å²) in [6, 6.07) is 7.43. The molecule has 1 aliphatic heterocycles. The number of aliphatic hydroxyl groups is 1. The Balaban J connectivity index is 1.76. The van der Waals surface area contributed by atoms with E-state index < -0.39 is 17.7 Å². The van der Waals surface area contributed by atoms with E-state index in [0.717, 1.165) is 0 Å². The van der Waals surface area contributed by atoms with Crippen molar-refractivity contribution in [1.82, 2.24) is 19.4 Å². The average Bonchev–Trinajstić information content (AvgIpc) is 3.41. The number of aromatic nitrogens is 3. The molecule has 4 rings (SSSR count). The van der Waals surface area contributed by atoms with Gasteiger partial charge in [0.05, 0.1) is 30.6 Å². The number of aryl methyl sites for hydroxylation is 1. The van der Waals surface area contributed by atoms with Crippen LogP contribution in [0.4, 0.5) is 0 Å². The number of hydrogen-bond acceptors (Lipinski definition) is 6. The number of imidazole rings is 1. The van der Waals surface area contributed by atoms with Gasteiger partial charge in [0.25, 0.3) is 11.7 Å². The molecule has 1 atom stereocenters. The first-order valence-corrected chi connectivity index (χ1v) is 10.4. The maximum Gasteiger partial charge on any atom is 0.295 e. The van der Waals surface area contributed by atoms with Crippen molar-refractivity contribution >= 4 is 29.1 Å². The minimum absolute atomic E-state index is 0.0220. The van der Waals surface area contributed by atoms with Crippen molar-refractivity contribution in [3.63, 3.8) is 0 Å². The predicted octanol–water partition coefficient (Wildman–Crippen LogP) is 3.45. The number of likely N-dealkylation sites (tertiary alicyclic amines) is 1. The highest BCUT2D eigenvalue weighted by Gasteiger charge is 2.46. The third kappa shape index (κ3) is 4.09. The lowest BCUT2D eigenvalue weighted by Crippen LogP contribution is -2.31. The normalized spacial score (nSPS) is 17.7. The van der Waals surface area contributed by atoms with Gasteiger partial charge in [0.1, 0.15) is 11.5 Å². The summed E-state index contributed by atoms with van der Waals surface area (Å²) in [6.07, 6.45) is 8.99. The van der Waals surface area contributed by atoms with Gasteiger partial charge in [0.15, 0.2) is 0 Å². The molecule has 3 heterocycles. The number of nitrogens with zero attached hydrogens (tertiary/aromatic N) is 4. The van der Waals surface area contributed by atoms with E-state index in [1.54, 1.807) is 49.2 Å². The van der Waals surface area contributed by atoms with Crippen LogP contribution in [0.5, 0.6) is 5.75 Å². The number of amides is 1. The number of ketones is 1. The molecule has 32 heavy (non-hydrogen) atoms. The highest BCUT2D eigenvalue weighted by atomic mass is 35.5. The number of hydrogen-bond donors (Lipinski definition) is 1. The Morgan fingerprint density at radius 3 is 2.72 bits per heavy atom. The first kappa shape index (κ1) is 21.6. The molecule has 9 heteroatoms. The molecule has 1 amide bonds. The van der Waals surface area contributed by atoms with E-state index >= 15 is 0 Å². The summed E-state index contributed by atoms with van der Waals surface area (Å²) in [7, 11) is 1.45. The van der Waals surface area contributed by atoms with Gasteiger partial charge in [-0.15, -0.1) is 0 Å². The number of Topliss-reactive ketones (excluding diaryl/α,β-unsaturated/α-hetero) is 1. The van der Waals surface area contributed by atoms with Crippen molar-refractivity contribution in [2.45, 2.75) is 19.0 Å². The predicted molar refractivity (Wildman–Crippen MR) is 118 cm³/mol. The molecule has 0 radical (unpaired) electrons. The fourth-order valence-corrected chi connectivity index (χ4v) is 4.02. The van der Waals surface area contributed by atoms with Crippen LogP contribution in [0.2, 0.25) is 5.02 Å². The zero-order valence-corrected chi connectivity index (χ0v) is 18.1. The third-order valence-corrected chi connectivity index (χ3v) is 5.57.